The maximum Gasteiger partial charge on any atom is 0.416 e. The van der Waals surface area contributed by atoms with E-state index in [2.05, 4.69) is 0 Å². The van der Waals surface area contributed by atoms with Crippen LogP contribution in [0, 0.1) is 11.6 Å². The number of nitrogen functional groups attached to an aromatic ring is 1. The third-order valence-electron chi connectivity index (χ3n) is 2.90. The summed E-state index contributed by atoms with van der Waals surface area (Å²) in [4.78, 5) is 0. The average Bonchev–Trinajstić information content (AvgIpc) is 2.38. The zero-order valence-corrected chi connectivity index (χ0v) is 10.8. The summed E-state index contributed by atoms with van der Waals surface area (Å²) in [5, 5.41) is 0. The fraction of sp³-hybridized carbons (Fsp3) is 0.143. The van der Waals surface area contributed by atoms with Crippen LogP contribution in [0.1, 0.15) is 5.56 Å². The van der Waals surface area contributed by atoms with E-state index in [1.165, 1.54) is 7.11 Å². The van der Waals surface area contributed by atoms with E-state index in [9.17, 15) is 22.0 Å². The molecule has 0 saturated heterocycles. The zero-order chi connectivity index (χ0) is 15.8. The summed E-state index contributed by atoms with van der Waals surface area (Å²) in [6, 6.07) is 4.14. The van der Waals surface area contributed by atoms with E-state index in [4.69, 9.17) is 10.5 Å². The van der Waals surface area contributed by atoms with Crippen LogP contribution in [0.15, 0.2) is 30.3 Å². The lowest BCUT2D eigenvalue weighted by molar-refractivity contribution is -0.137. The largest absolute Gasteiger partial charge is 0.497 e. The number of ether oxygens (including phenoxy) is 1. The molecule has 0 atom stereocenters. The second-order valence-corrected chi connectivity index (χ2v) is 4.27. The first kappa shape index (κ1) is 15.1. The molecule has 2 aromatic carbocycles. The van der Waals surface area contributed by atoms with Gasteiger partial charge in [0.15, 0.2) is 0 Å². The van der Waals surface area contributed by atoms with Crippen molar-refractivity contribution in [3.8, 4) is 16.9 Å². The highest BCUT2D eigenvalue weighted by Crippen LogP contribution is 2.37. The Morgan fingerprint density at radius 2 is 1.57 bits per heavy atom. The van der Waals surface area contributed by atoms with Crippen molar-refractivity contribution < 1.29 is 26.7 Å². The van der Waals surface area contributed by atoms with Crippen LogP contribution in [0.4, 0.5) is 27.6 Å². The molecule has 0 fully saturated rings. The average molecular weight is 303 g/mol. The third-order valence-corrected chi connectivity index (χ3v) is 2.90. The van der Waals surface area contributed by atoms with Gasteiger partial charge in [0, 0.05) is 23.4 Å². The fourth-order valence-corrected chi connectivity index (χ4v) is 1.89. The maximum atomic E-state index is 13.9. The second-order valence-electron chi connectivity index (χ2n) is 4.27. The van der Waals surface area contributed by atoms with Gasteiger partial charge in [-0.3, -0.25) is 0 Å². The highest BCUT2D eigenvalue weighted by atomic mass is 19.4. The molecule has 0 unspecified atom stereocenters. The lowest BCUT2D eigenvalue weighted by atomic mass is 10.00. The highest BCUT2D eigenvalue weighted by Gasteiger charge is 2.31. The lowest BCUT2D eigenvalue weighted by Gasteiger charge is -2.13. The molecule has 2 nitrogen and oxygen atoms in total. The van der Waals surface area contributed by atoms with Crippen LogP contribution < -0.4 is 10.5 Å². The van der Waals surface area contributed by atoms with Crippen molar-refractivity contribution in [1.29, 1.82) is 0 Å². The molecule has 7 heteroatoms. The van der Waals surface area contributed by atoms with Gasteiger partial charge in [0.2, 0.25) is 0 Å². The van der Waals surface area contributed by atoms with Crippen molar-refractivity contribution in [3.63, 3.8) is 0 Å². The van der Waals surface area contributed by atoms with Gasteiger partial charge in [0.25, 0.3) is 0 Å². The second kappa shape index (κ2) is 5.23. The molecule has 2 rings (SSSR count). The summed E-state index contributed by atoms with van der Waals surface area (Å²) in [6.45, 7) is 0. The van der Waals surface area contributed by atoms with E-state index in [0.717, 1.165) is 24.3 Å². The van der Waals surface area contributed by atoms with Gasteiger partial charge in [0.1, 0.15) is 17.4 Å². The SMILES string of the molecule is COc1cc(F)c(-c2ccc(C(F)(F)F)cc2N)c(F)c1. The molecule has 0 amide bonds. The Kier molecular flexibility index (Phi) is 3.76. The monoisotopic (exact) mass is 303 g/mol. The molecule has 0 aliphatic carbocycles. The standard InChI is InChI=1S/C14H10F5NO/c1-21-8-5-10(15)13(11(16)6-8)9-3-2-7(4-12(9)20)14(17,18)19/h2-6H,20H2,1H3. The minimum Gasteiger partial charge on any atom is -0.497 e. The van der Waals surface area contributed by atoms with Crippen molar-refractivity contribution in [2.45, 2.75) is 6.18 Å². The van der Waals surface area contributed by atoms with Gasteiger partial charge < -0.3 is 10.5 Å². The number of anilines is 1. The Labute approximate surface area is 116 Å². The first-order valence-electron chi connectivity index (χ1n) is 5.74. The molecule has 0 heterocycles. The van der Waals surface area contributed by atoms with Gasteiger partial charge in [-0.25, -0.2) is 8.78 Å². The third kappa shape index (κ3) is 2.91. The molecular weight excluding hydrogens is 293 g/mol. The summed E-state index contributed by atoms with van der Waals surface area (Å²) in [7, 11) is 1.24. The van der Waals surface area contributed by atoms with E-state index in [-0.39, 0.29) is 17.0 Å². The number of nitrogens with two attached hydrogens (primary N) is 1. The number of methoxy groups -OCH3 is 1. The summed E-state index contributed by atoms with van der Waals surface area (Å²) in [5.41, 5.74) is 3.49. The quantitative estimate of drug-likeness (QED) is 0.665. The van der Waals surface area contributed by atoms with Crippen LogP contribution in [-0.2, 0) is 6.18 Å². The minimum absolute atomic E-state index is 0.0424. The van der Waals surface area contributed by atoms with Crippen molar-refractivity contribution in [3.05, 3.63) is 47.5 Å². The van der Waals surface area contributed by atoms with E-state index in [1.807, 2.05) is 0 Å². The molecule has 21 heavy (non-hydrogen) atoms. The van der Waals surface area contributed by atoms with Gasteiger partial charge in [0.05, 0.1) is 18.2 Å². The van der Waals surface area contributed by atoms with Crippen molar-refractivity contribution in [2.24, 2.45) is 0 Å². The first-order chi connectivity index (χ1) is 9.74. The molecule has 0 bridgehead atoms. The van der Waals surface area contributed by atoms with Gasteiger partial charge >= 0.3 is 6.18 Å². The Balaban J connectivity index is 2.58. The number of benzene rings is 2. The number of rotatable bonds is 2. The Morgan fingerprint density at radius 3 is 2.00 bits per heavy atom. The van der Waals surface area contributed by atoms with Crippen molar-refractivity contribution in [1.82, 2.24) is 0 Å². The molecule has 0 aliphatic rings. The normalized spacial score (nSPS) is 11.5. The van der Waals surface area contributed by atoms with Gasteiger partial charge in [-0.15, -0.1) is 0 Å². The van der Waals surface area contributed by atoms with Crippen molar-refractivity contribution >= 4 is 5.69 Å². The summed E-state index contributed by atoms with van der Waals surface area (Å²) < 4.78 is 70.1. The predicted octanol–water partition coefficient (Wildman–Crippen LogP) is 4.24. The van der Waals surface area contributed by atoms with Gasteiger partial charge in [-0.1, -0.05) is 6.07 Å². The minimum atomic E-state index is -4.58. The molecule has 2 N–H and O–H groups in total. The molecule has 0 spiro atoms. The number of halogens is 5. The van der Waals surface area contributed by atoms with E-state index >= 15 is 0 Å². The van der Waals surface area contributed by atoms with Crippen molar-refractivity contribution in [2.75, 3.05) is 12.8 Å². The molecule has 112 valence electrons. The molecule has 0 radical (unpaired) electrons. The number of hydrogen-bond acceptors (Lipinski definition) is 2. The number of hydrogen-bond donors (Lipinski definition) is 1. The molecule has 0 aromatic heterocycles. The Morgan fingerprint density at radius 1 is 1.00 bits per heavy atom. The summed E-state index contributed by atoms with van der Waals surface area (Å²) in [5.74, 6) is -1.99. The zero-order valence-electron chi connectivity index (χ0n) is 10.8. The van der Waals surface area contributed by atoms with E-state index in [1.54, 1.807) is 0 Å². The molecular formula is C14H10F5NO. The van der Waals surface area contributed by atoms with Crippen LogP contribution in [0.3, 0.4) is 0 Å². The fourth-order valence-electron chi connectivity index (χ4n) is 1.89. The highest BCUT2D eigenvalue weighted by molar-refractivity contribution is 5.78. The first-order valence-corrected chi connectivity index (χ1v) is 5.74. The predicted molar refractivity (Wildman–Crippen MR) is 67.8 cm³/mol. The maximum absolute atomic E-state index is 13.9. The lowest BCUT2D eigenvalue weighted by Crippen LogP contribution is -2.06. The van der Waals surface area contributed by atoms with Crippen LogP contribution >= 0.6 is 0 Å². The van der Waals surface area contributed by atoms with Gasteiger partial charge in [-0.2, -0.15) is 13.2 Å². The van der Waals surface area contributed by atoms with Crippen LogP contribution in [-0.4, -0.2) is 7.11 Å². The van der Waals surface area contributed by atoms with Crippen LogP contribution in [0.5, 0.6) is 5.75 Å². The van der Waals surface area contributed by atoms with Crippen LogP contribution in [0.25, 0.3) is 11.1 Å². The molecule has 0 aliphatic heterocycles. The van der Waals surface area contributed by atoms with Gasteiger partial charge in [-0.05, 0) is 12.1 Å². The molecule has 2 aromatic rings. The summed E-state index contributed by atoms with van der Waals surface area (Å²) >= 11 is 0. The Hall–Kier alpha value is -2.31. The van der Waals surface area contributed by atoms with E-state index < -0.39 is 28.9 Å². The molecule has 0 saturated carbocycles. The van der Waals surface area contributed by atoms with E-state index in [0.29, 0.717) is 6.07 Å². The smallest absolute Gasteiger partial charge is 0.416 e. The number of alkyl halides is 3. The Bertz CT molecular complexity index is 659. The van der Waals surface area contributed by atoms with Crippen LogP contribution in [0.2, 0.25) is 0 Å². The topological polar surface area (TPSA) is 35.2 Å². The summed E-state index contributed by atoms with van der Waals surface area (Å²) in [6.07, 6.45) is -4.58.